The fourth-order valence-electron chi connectivity index (χ4n) is 13.7. The third-order valence-corrected chi connectivity index (χ3v) is 19.8. The van der Waals surface area contributed by atoms with Gasteiger partial charge in [0.15, 0.2) is 5.91 Å². The van der Waals surface area contributed by atoms with E-state index in [1.807, 2.05) is 75.3 Å². The van der Waals surface area contributed by atoms with Crippen molar-refractivity contribution in [1.29, 1.82) is 0 Å². The van der Waals surface area contributed by atoms with Crippen molar-refractivity contribution in [2.45, 2.75) is 249 Å². The third kappa shape index (κ3) is 17.8. The maximum absolute atomic E-state index is 15.7. The smallest absolute Gasteiger partial charge is 0.465 e. The van der Waals surface area contributed by atoms with Crippen molar-refractivity contribution in [2.24, 2.45) is 84.3 Å². The summed E-state index contributed by atoms with van der Waals surface area (Å²) >= 11 is 0. The molecule has 1 aromatic heterocycles. The minimum Gasteiger partial charge on any atom is -0.465 e. The quantitative estimate of drug-likeness (QED) is 0.0462. The number of carbonyl (C=O) groups excluding carboxylic acids is 5. The zero-order valence-electron chi connectivity index (χ0n) is 57.8. The van der Waals surface area contributed by atoms with Crippen molar-refractivity contribution >= 4 is 47.5 Å². The molecule has 14 nitrogen and oxygen atoms in total. The van der Waals surface area contributed by atoms with Crippen molar-refractivity contribution in [3.05, 3.63) is 39.0 Å². The second kappa shape index (κ2) is 29.7. The topological polar surface area (TPSA) is 186 Å². The molecule has 2 N–H and O–H groups in total. The monoisotopic (exact) mass is 1240 g/mol. The zero-order valence-corrected chi connectivity index (χ0v) is 58.8. The molecule has 15 heteroatoms. The summed E-state index contributed by atoms with van der Waals surface area (Å²) in [6.45, 7) is 51.0. The number of amides is 2. The van der Waals surface area contributed by atoms with Gasteiger partial charge in [-0.15, -0.1) is 0 Å². The number of aromatic nitrogens is 1. The molecule has 0 aromatic carbocycles. The van der Waals surface area contributed by atoms with Crippen LogP contribution in [0.25, 0.3) is 11.4 Å². The summed E-state index contributed by atoms with van der Waals surface area (Å²) in [4.78, 5) is 82.9. The fraction of sp³-hybridized carbons (Fsp3) is 0.800. The average Bonchev–Trinajstić information content (AvgIpc) is 2.31. The van der Waals surface area contributed by atoms with Gasteiger partial charge in [0, 0.05) is 49.0 Å². The molecular formula is C70H117CuN4O10. The van der Waals surface area contributed by atoms with E-state index in [0.717, 1.165) is 25.7 Å². The number of allylic oxidation sites excluding steroid dienone is 1. The summed E-state index contributed by atoms with van der Waals surface area (Å²) in [6.07, 6.45) is 7.26. The van der Waals surface area contributed by atoms with Crippen LogP contribution in [0.2, 0.25) is 0 Å². The third-order valence-electron chi connectivity index (χ3n) is 19.8. The van der Waals surface area contributed by atoms with Gasteiger partial charge in [-0.2, -0.15) is 0 Å². The first-order chi connectivity index (χ1) is 38.6. The molecule has 4 atom stereocenters. The van der Waals surface area contributed by atoms with Gasteiger partial charge in [0.05, 0.1) is 36.2 Å². The Bertz CT molecular complexity index is 2500. The fourth-order valence-corrected chi connectivity index (χ4v) is 13.7. The minimum atomic E-state index is -1.11. The first-order valence-electron chi connectivity index (χ1n) is 32.1. The number of anilines is 1. The predicted molar refractivity (Wildman–Crippen MR) is 341 cm³/mol. The van der Waals surface area contributed by atoms with E-state index in [9.17, 15) is 9.59 Å². The molecule has 1 aromatic rings. The maximum atomic E-state index is 15.7. The molecule has 2 fully saturated rings. The van der Waals surface area contributed by atoms with Gasteiger partial charge in [-0.3, -0.25) is 14.4 Å². The largest absolute Gasteiger partial charge is 1.00 e. The molecule has 2 aliphatic carbocycles. The molecule has 1 aliphatic heterocycles. The van der Waals surface area contributed by atoms with Gasteiger partial charge in [0.1, 0.15) is 23.6 Å². The first kappa shape index (κ1) is 75.5. The molecule has 0 bridgehead atoms. The Balaban J connectivity index is 0.0000189. The van der Waals surface area contributed by atoms with Gasteiger partial charge >= 0.3 is 35.0 Å². The predicted octanol–water partition coefficient (Wildman–Crippen LogP) is 16.9. The molecular weight excluding hydrogens is 1120 g/mol. The number of hydrogen-bond acceptors (Lipinski definition) is 10. The van der Waals surface area contributed by atoms with Crippen LogP contribution >= 0.6 is 0 Å². The van der Waals surface area contributed by atoms with Crippen LogP contribution in [0.5, 0.6) is 0 Å². The van der Waals surface area contributed by atoms with E-state index in [0.29, 0.717) is 72.9 Å². The van der Waals surface area contributed by atoms with Crippen LogP contribution in [0.15, 0.2) is 21.8 Å². The van der Waals surface area contributed by atoms with E-state index in [1.165, 1.54) is 0 Å². The van der Waals surface area contributed by atoms with Gasteiger partial charge < -0.3 is 44.3 Å². The molecule has 4 unspecified atom stereocenters. The van der Waals surface area contributed by atoms with Crippen molar-refractivity contribution in [1.82, 2.24) is 4.98 Å². The maximum Gasteiger partial charge on any atom is 1.00 e. The Morgan fingerprint density at radius 2 is 1.08 bits per heavy atom. The molecule has 0 saturated heterocycles. The summed E-state index contributed by atoms with van der Waals surface area (Å²) < 4.78 is 31.0. The molecule has 488 valence electrons. The summed E-state index contributed by atoms with van der Waals surface area (Å²) in [5.41, 5.74) is -1.17. The number of aromatic amines is 1. The standard InChI is InChI=1S/C70H118N4O10.Cu/c1-27-68(23,24)63(79)82-33-31-32-69(28-2,29-3)61(77)73-57-53(59(75)83-55-45(64(11,12)13)34-43(9)35-46(55)65(14,15)16)51(41(5)6)49(71-57)38-50-52(42(7)8)54(58(72-50)74-62(78)70(30-4,39-80-25)40-81-26)60(76)84-56-47(66(17,18)19)36-44(10)37-48(56)67(20,21)22;/h38,41-48,55-56H,27-37,39-40H2,1-26H3,(H3,71,72,73,74,75,76,77,78);/q;+1/p-1. The first-order valence-corrected chi connectivity index (χ1v) is 32.1. The summed E-state index contributed by atoms with van der Waals surface area (Å²) in [5.74, 6) is -1.76. The SMILES string of the molecule is CCC(C)(C)C(=O)OCCCC(CC)(CC)C(=O)N=C1[N-]/C(=C\c2[nH]c(NC(=O)C(CC)(COC)COC)c(C(=O)OC3C(C(C)(C)C)CC(C)CC3C(C)(C)C)c2C(C)C)C(C(C)C)=C1C(=O)OC1C(C(C)(C)C)CC(C)CC1C(C)(C)C.[Cu+]. The van der Waals surface area contributed by atoms with Crippen molar-refractivity contribution < 1.29 is 64.7 Å². The second-order valence-electron chi connectivity index (χ2n) is 31.4. The van der Waals surface area contributed by atoms with Gasteiger partial charge in [-0.05, 0) is 152 Å². The number of methoxy groups -OCH3 is 2. The van der Waals surface area contributed by atoms with E-state index in [4.69, 9.17) is 34.0 Å². The number of ether oxygens (including phenoxy) is 5. The van der Waals surface area contributed by atoms with Crippen molar-refractivity contribution in [3.8, 4) is 0 Å². The van der Waals surface area contributed by atoms with E-state index in [-0.39, 0.29) is 123 Å². The molecule has 0 radical (unpaired) electrons. The Labute approximate surface area is 525 Å². The van der Waals surface area contributed by atoms with Crippen LogP contribution in [0.3, 0.4) is 0 Å². The summed E-state index contributed by atoms with van der Waals surface area (Å²) in [7, 11) is 3.10. The van der Waals surface area contributed by atoms with E-state index < -0.39 is 52.2 Å². The van der Waals surface area contributed by atoms with Crippen LogP contribution < -0.4 is 5.32 Å². The molecule has 4 rings (SSSR count). The number of rotatable bonds is 23. The molecule has 2 saturated carbocycles. The zero-order chi connectivity index (χ0) is 64.0. The Morgan fingerprint density at radius 3 is 1.46 bits per heavy atom. The minimum absolute atomic E-state index is 0. The summed E-state index contributed by atoms with van der Waals surface area (Å²) in [6, 6.07) is 0. The van der Waals surface area contributed by atoms with Crippen molar-refractivity contribution in [2.75, 3.05) is 39.4 Å². The normalized spacial score (nSPS) is 24.0. The van der Waals surface area contributed by atoms with Gasteiger partial charge in [0.25, 0.3) is 0 Å². The Morgan fingerprint density at radius 1 is 0.647 bits per heavy atom. The molecule has 2 heterocycles. The number of aliphatic imine (C=N–C) groups is 1. The average molecular weight is 1240 g/mol. The Kier molecular flexibility index (Phi) is 26.4. The van der Waals surface area contributed by atoms with Crippen LogP contribution in [0.4, 0.5) is 5.82 Å². The van der Waals surface area contributed by atoms with Crippen LogP contribution in [0.1, 0.15) is 258 Å². The Hall–Kier alpha value is -3.78. The summed E-state index contributed by atoms with van der Waals surface area (Å²) in [5, 5.41) is 8.38. The van der Waals surface area contributed by atoms with Crippen LogP contribution in [-0.4, -0.2) is 86.8 Å². The van der Waals surface area contributed by atoms with Crippen molar-refractivity contribution in [3.63, 3.8) is 0 Å². The van der Waals surface area contributed by atoms with E-state index in [2.05, 4.69) is 107 Å². The van der Waals surface area contributed by atoms with Gasteiger partial charge in [-0.25, -0.2) is 9.59 Å². The number of H-pyrrole nitrogens is 1. The number of nitrogens with zero attached hydrogens (tertiary/aromatic N) is 2. The number of amidine groups is 1. The van der Waals surface area contributed by atoms with Gasteiger partial charge in [0.2, 0.25) is 5.91 Å². The van der Waals surface area contributed by atoms with E-state index >= 15 is 14.4 Å². The second-order valence-corrected chi connectivity index (χ2v) is 31.4. The molecule has 2 amide bonds. The van der Waals surface area contributed by atoms with Gasteiger partial charge in [-0.1, -0.05) is 152 Å². The molecule has 3 aliphatic rings. The number of carbonyl (C=O) groups is 5. The van der Waals surface area contributed by atoms with Crippen LogP contribution in [0, 0.1) is 79.3 Å². The van der Waals surface area contributed by atoms with E-state index in [1.54, 1.807) is 14.2 Å². The molecule has 0 spiro atoms. The number of hydrogen-bond donors (Lipinski definition) is 2. The van der Waals surface area contributed by atoms with Crippen LogP contribution in [-0.2, 0) is 59.9 Å². The number of esters is 3. The molecule has 85 heavy (non-hydrogen) atoms. The number of nitrogens with one attached hydrogen (secondary N) is 2.